The van der Waals surface area contributed by atoms with Gasteiger partial charge in [0.1, 0.15) is 5.03 Å². The van der Waals surface area contributed by atoms with E-state index in [0.717, 1.165) is 29.3 Å². The smallest absolute Gasteiger partial charge is 0.282 e. The van der Waals surface area contributed by atoms with Gasteiger partial charge in [-0.2, -0.15) is 13.2 Å². The van der Waals surface area contributed by atoms with Gasteiger partial charge in [-0.05, 0) is 54.2 Å². The number of nitrogens with one attached hydrogen (secondary N) is 1. The highest BCUT2D eigenvalue weighted by Gasteiger charge is 2.30. The number of carbonyl (C=O) groups is 2. The van der Waals surface area contributed by atoms with Crippen LogP contribution < -0.4 is 5.32 Å². The van der Waals surface area contributed by atoms with Crippen LogP contribution in [0.3, 0.4) is 0 Å². The third kappa shape index (κ3) is 4.30. The minimum atomic E-state index is -4.40. The van der Waals surface area contributed by atoms with Gasteiger partial charge in [-0.3, -0.25) is 14.9 Å². The largest absolute Gasteiger partial charge is 0.416 e. The Hall–Kier alpha value is -2.78. The van der Waals surface area contributed by atoms with E-state index in [4.69, 9.17) is 0 Å². The average molecular weight is 432 g/mol. The second-order valence-electron chi connectivity index (χ2n) is 6.05. The van der Waals surface area contributed by atoms with E-state index in [2.05, 4.69) is 10.3 Å². The lowest BCUT2D eigenvalue weighted by molar-refractivity contribution is -0.137. The quantitative estimate of drug-likeness (QED) is 0.536. The molecule has 2 amide bonds. The molecule has 146 valence electrons. The van der Waals surface area contributed by atoms with Crippen LogP contribution in [0, 0.1) is 0 Å². The Kier molecular flexibility index (Phi) is 5.10. The van der Waals surface area contributed by atoms with Gasteiger partial charge in [-0.15, -0.1) is 0 Å². The topological polar surface area (TPSA) is 59.1 Å². The van der Waals surface area contributed by atoms with Crippen molar-refractivity contribution in [2.75, 3.05) is 0 Å². The van der Waals surface area contributed by atoms with Crippen molar-refractivity contribution in [3.8, 4) is 0 Å². The fourth-order valence-corrected chi connectivity index (χ4v) is 4.23. The number of amides is 2. The number of pyridine rings is 1. The van der Waals surface area contributed by atoms with E-state index in [9.17, 15) is 22.8 Å². The number of fused-ring (bicyclic) bond motifs is 1. The van der Waals surface area contributed by atoms with Gasteiger partial charge >= 0.3 is 6.18 Å². The van der Waals surface area contributed by atoms with E-state index in [1.54, 1.807) is 6.08 Å². The molecule has 0 aliphatic carbocycles. The minimum Gasteiger partial charge on any atom is -0.282 e. The molecule has 1 aromatic heterocycles. The first-order valence-corrected chi connectivity index (χ1v) is 9.93. The summed E-state index contributed by atoms with van der Waals surface area (Å²) in [5.74, 6) is -0.487. The molecular weight excluding hydrogens is 421 g/mol. The third-order valence-corrected chi connectivity index (χ3v) is 5.88. The molecule has 0 spiro atoms. The molecular formula is C20H11F3N2O2S2. The van der Waals surface area contributed by atoms with Gasteiger partial charge in [-0.25, -0.2) is 4.98 Å². The number of benzene rings is 2. The van der Waals surface area contributed by atoms with Gasteiger partial charge in [0.05, 0.1) is 16.0 Å². The number of alkyl halides is 3. The lowest BCUT2D eigenvalue weighted by Gasteiger charge is -2.10. The van der Waals surface area contributed by atoms with Crippen LogP contribution in [-0.4, -0.2) is 16.1 Å². The molecule has 1 N–H and O–H groups in total. The molecule has 2 aromatic carbocycles. The maximum Gasteiger partial charge on any atom is 0.416 e. The highest BCUT2D eigenvalue weighted by Crippen LogP contribution is 2.36. The number of carbonyl (C=O) groups excluding carboxylic acids is 2. The standard InChI is InChI=1S/C20H11F3N2O2S2/c21-20(22,23)13-5-7-14(8-6-13)28-18-12(10-16-17(26)25-19(27)29-16)9-11-3-1-2-4-15(11)24-18/h1-10H,(H,25,26,27)/b16-10+. The molecule has 0 bridgehead atoms. The SMILES string of the molecule is O=C1NC(=O)/C(=C\c2cc3ccccc3nc2Sc2ccc(C(F)(F)F)cc2)S1. The molecule has 0 radical (unpaired) electrons. The van der Waals surface area contributed by atoms with E-state index in [1.165, 1.54) is 23.9 Å². The molecule has 4 nitrogen and oxygen atoms in total. The van der Waals surface area contributed by atoms with Crippen molar-refractivity contribution in [2.24, 2.45) is 0 Å². The first-order valence-electron chi connectivity index (χ1n) is 8.29. The summed E-state index contributed by atoms with van der Waals surface area (Å²) in [7, 11) is 0. The maximum atomic E-state index is 12.8. The second-order valence-corrected chi connectivity index (χ2v) is 8.13. The fraction of sp³-hybridized carbons (Fsp3) is 0.0500. The van der Waals surface area contributed by atoms with E-state index >= 15 is 0 Å². The second kappa shape index (κ2) is 7.57. The van der Waals surface area contributed by atoms with Crippen molar-refractivity contribution in [1.82, 2.24) is 10.3 Å². The van der Waals surface area contributed by atoms with E-state index < -0.39 is 22.9 Å². The number of imide groups is 1. The van der Waals surface area contributed by atoms with Crippen molar-refractivity contribution >= 4 is 51.6 Å². The lowest BCUT2D eigenvalue weighted by Crippen LogP contribution is -2.17. The summed E-state index contributed by atoms with van der Waals surface area (Å²) in [6, 6.07) is 14.0. The molecule has 29 heavy (non-hydrogen) atoms. The zero-order chi connectivity index (χ0) is 20.6. The first kappa shape index (κ1) is 19.5. The average Bonchev–Trinajstić information content (AvgIpc) is 2.99. The number of nitrogens with zero attached hydrogens (tertiary/aromatic N) is 1. The van der Waals surface area contributed by atoms with Crippen LogP contribution in [0.25, 0.3) is 17.0 Å². The number of hydrogen-bond acceptors (Lipinski definition) is 5. The highest BCUT2D eigenvalue weighted by atomic mass is 32.2. The number of rotatable bonds is 3. The van der Waals surface area contributed by atoms with Crippen LogP contribution >= 0.6 is 23.5 Å². The third-order valence-electron chi connectivity index (χ3n) is 4.04. The summed E-state index contributed by atoms with van der Waals surface area (Å²) in [6.45, 7) is 0. The molecule has 9 heteroatoms. The van der Waals surface area contributed by atoms with Gasteiger partial charge in [0.25, 0.3) is 11.1 Å². The molecule has 0 atom stereocenters. The van der Waals surface area contributed by atoms with E-state index in [1.807, 2.05) is 30.3 Å². The molecule has 1 aliphatic rings. The predicted octanol–water partition coefficient (Wildman–Crippen LogP) is 5.73. The summed E-state index contributed by atoms with van der Waals surface area (Å²) in [5, 5.41) is 3.10. The van der Waals surface area contributed by atoms with Gasteiger partial charge in [0.2, 0.25) is 0 Å². The summed E-state index contributed by atoms with van der Waals surface area (Å²) in [4.78, 5) is 28.7. The first-order chi connectivity index (χ1) is 13.8. The molecule has 0 saturated carbocycles. The minimum absolute atomic E-state index is 0.237. The molecule has 1 fully saturated rings. The van der Waals surface area contributed by atoms with Crippen LogP contribution in [-0.2, 0) is 11.0 Å². The molecule has 2 heterocycles. The van der Waals surface area contributed by atoms with Crippen molar-refractivity contribution in [2.45, 2.75) is 16.1 Å². The van der Waals surface area contributed by atoms with E-state index in [0.29, 0.717) is 21.0 Å². The van der Waals surface area contributed by atoms with Crippen LogP contribution in [0.15, 0.2) is 69.4 Å². The Labute approximate surface area is 171 Å². The van der Waals surface area contributed by atoms with Crippen LogP contribution in [0.4, 0.5) is 18.0 Å². The van der Waals surface area contributed by atoms with Crippen LogP contribution in [0.5, 0.6) is 0 Å². The zero-order valence-corrected chi connectivity index (χ0v) is 16.1. The van der Waals surface area contributed by atoms with Gasteiger partial charge in [0, 0.05) is 15.8 Å². The van der Waals surface area contributed by atoms with Crippen LogP contribution in [0.2, 0.25) is 0 Å². The molecule has 4 rings (SSSR count). The summed E-state index contributed by atoms with van der Waals surface area (Å²) < 4.78 is 38.4. The summed E-state index contributed by atoms with van der Waals surface area (Å²) in [5.41, 5.74) is 0.581. The van der Waals surface area contributed by atoms with Gasteiger partial charge in [0.15, 0.2) is 0 Å². The summed E-state index contributed by atoms with van der Waals surface area (Å²) >= 11 is 1.98. The Balaban J connectivity index is 1.75. The lowest BCUT2D eigenvalue weighted by atomic mass is 10.1. The Morgan fingerprint density at radius 3 is 2.41 bits per heavy atom. The van der Waals surface area contributed by atoms with E-state index in [-0.39, 0.29) is 4.91 Å². The number of hydrogen-bond donors (Lipinski definition) is 1. The van der Waals surface area contributed by atoms with Crippen LogP contribution in [0.1, 0.15) is 11.1 Å². The Morgan fingerprint density at radius 2 is 1.76 bits per heavy atom. The fourth-order valence-electron chi connectivity index (χ4n) is 2.69. The monoisotopic (exact) mass is 432 g/mol. The zero-order valence-electron chi connectivity index (χ0n) is 14.5. The molecule has 3 aromatic rings. The number of aromatic nitrogens is 1. The Morgan fingerprint density at radius 1 is 1.03 bits per heavy atom. The predicted molar refractivity (Wildman–Crippen MR) is 106 cm³/mol. The van der Waals surface area contributed by atoms with Crippen molar-refractivity contribution < 1.29 is 22.8 Å². The van der Waals surface area contributed by atoms with Crippen molar-refractivity contribution in [3.63, 3.8) is 0 Å². The Bertz CT molecular complexity index is 1160. The molecule has 1 saturated heterocycles. The molecule has 0 unspecified atom stereocenters. The van der Waals surface area contributed by atoms with Crippen molar-refractivity contribution in [3.05, 3.63) is 70.6 Å². The molecule has 1 aliphatic heterocycles. The van der Waals surface area contributed by atoms with Gasteiger partial charge in [-0.1, -0.05) is 30.0 Å². The number of para-hydroxylation sites is 1. The van der Waals surface area contributed by atoms with Crippen molar-refractivity contribution in [1.29, 1.82) is 0 Å². The normalized spacial score (nSPS) is 15.9. The van der Waals surface area contributed by atoms with Gasteiger partial charge < -0.3 is 0 Å². The number of halogens is 3. The highest BCUT2D eigenvalue weighted by molar-refractivity contribution is 8.18. The maximum absolute atomic E-state index is 12.8. The number of thioether (sulfide) groups is 1. The summed E-state index contributed by atoms with van der Waals surface area (Å²) in [6.07, 6.45) is -2.84.